The summed E-state index contributed by atoms with van der Waals surface area (Å²) in [5, 5.41) is 0. The highest BCUT2D eigenvalue weighted by molar-refractivity contribution is 5.31. The van der Waals surface area contributed by atoms with Crippen LogP contribution in [0.2, 0.25) is 0 Å². The number of aromatic nitrogens is 2. The highest BCUT2D eigenvalue weighted by Gasteiger charge is 2.20. The number of unbranched alkanes of at least 4 members (excludes halogenated alkanes) is 10. The third-order valence-corrected chi connectivity index (χ3v) is 5.55. The van der Waals surface area contributed by atoms with E-state index in [-0.39, 0.29) is 0 Å². The summed E-state index contributed by atoms with van der Waals surface area (Å²) in [6, 6.07) is 11.3. The van der Waals surface area contributed by atoms with E-state index in [9.17, 15) is 0 Å². The molecular weight excluding hydrogens is 328 g/mol. The summed E-state index contributed by atoms with van der Waals surface area (Å²) in [5.41, 5.74) is 1.27. The third kappa shape index (κ3) is 7.52. The van der Waals surface area contributed by atoms with Gasteiger partial charge in [0.2, 0.25) is 0 Å². The normalized spacial score (nSPS) is 11.4. The van der Waals surface area contributed by atoms with Crippen LogP contribution in [-0.4, -0.2) is 4.57 Å². The lowest BCUT2D eigenvalue weighted by Gasteiger charge is -2.08. The van der Waals surface area contributed by atoms with Gasteiger partial charge in [-0.2, -0.15) is 4.57 Å². The Morgan fingerprint density at radius 3 is 1.89 bits per heavy atom. The van der Waals surface area contributed by atoms with Gasteiger partial charge in [0.25, 0.3) is 5.82 Å². The van der Waals surface area contributed by atoms with Gasteiger partial charge in [0, 0.05) is 6.42 Å². The molecular formula is C25H41N2+. The maximum atomic E-state index is 2.43. The fraction of sp³-hybridized carbons (Fsp3) is 0.640. The van der Waals surface area contributed by atoms with Crippen molar-refractivity contribution in [3.63, 3.8) is 0 Å². The summed E-state index contributed by atoms with van der Waals surface area (Å²) in [6.45, 7) is 6.85. The van der Waals surface area contributed by atoms with Crippen molar-refractivity contribution in [3.8, 4) is 5.69 Å². The van der Waals surface area contributed by atoms with Crippen LogP contribution in [0, 0.1) is 0 Å². The Morgan fingerprint density at radius 1 is 0.778 bits per heavy atom. The summed E-state index contributed by atoms with van der Waals surface area (Å²) in [4.78, 5) is 0. The highest BCUT2D eigenvalue weighted by atomic mass is 15.2. The number of hydrogen-bond donors (Lipinski definition) is 0. The van der Waals surface area contributed by atoms with Gasteiger partial charge >= 0.3 is 0 Å². The van der Waals surface area contributed by atoms with Crippen molar-refractivity contribution in [2.75, 3.05) is 0 Å². The molecule has 2 nitrogen and oxygen atoms in total. The van der Waals surface area contributed by atoms with Crippen LogP contribution in [0.4, 0.5) is 0 Å². The maximum Gasteiger partial charge on any atom is 0.261 e. The fourth-order valence-electron chi connectivity index (χ4n) is 3.93. The van der Waals surface area contributed by atoms with E-state index in [1.54, 1.807) is 0 Å². The monoisotopic (exact) mass is 369 g/mol. The first kappa shape index (κ1) is 21.7. The first-order chi connectivity index (χ1) is 13.2. The Labute approximate surface area is 167 Å². The molecule has 0 saturated carbocycles. The van der Waals surface area contributed by atoms with Crippen LogP contribution >= 0.6 is 0 Å². The number of imidazole rings is 1. The number of benzene rings is 1. The highest BCUT2D eigenvalue weighted by Crippen LogP contribution is 2.15. The second kappa shape index (κ2) is 12.8. The van der Waals surface area contributed by atoms with Gasteiger partial charge in [0.15, 0.2) is 0 Å². The summed E-state index contributed by atoms with van der Waals surface area (Å²) in [6.07, 6.45) is 21.0. The first-order valence-corrected chi connectivity index (χ1v) is 11.4. The molecule has 0 atom stereocenters. The van der Waals surface area contributed by atoms with E-state index in [2.05, 4.69) is 72.6 Å². The number of para-hydroxylation sites is 1. The molecule has 0 radical (unpaired) electrons. The third-order valence-electron chi connectivity index (χ3n) is 5.55. The molecule has 150 valence electrons. The predicted molar refractivity (Wildman–Crippen MR) is 117 cm³/mol. The van der Waals surface area contributed by atoms with Crippen molar-refractivity contribution in [1.82, 2.24) is 4.57 Å². The van der Waals surface area contributed by atoms with Crippen LogP contribution in [0.25, 0.3) is 5.69 Å². The first-order valence-electron chi connectivity index (χ1n) is 11.4. The standard InChI is InChI=1S/C25H41N2/c1-4-5-6-7-8-9-10-11-12-13-17-20-25-26(23(2)3)21-22-27(25)24-18-15-14-16-19-24/h14-16,18-19,21-23H,4-13,17,20H2,1-3H3/q+1. The molecule has 0 saturated heterocycles. The SMILES string of the molecule is CCCCCCCCCCCCCc1n(-c2ccccc2)cc[n+]1C(C)C. The minimum absolute atomic E-state index is 0.512. The van der Waals surface area contributed by atoms with Gasteiger partial charge in [-0.1, -0.05) is 89.3 Å². The minimum Gasteiger partial charge on any atom is -0.232 e. The molecule has 0 unspecified atom stereocenters. The summed E-state index contributed by atoms with van der Waals surface area (Å²) in [5.74, 6) is 1.44. The van der Waals surface area contributed by atoms with Crippen LogP contribution < -0.4 is 4.57 Å². The molecule has 1 heterocycles. The molecule has 0 amide bonds. The molecule has 27 heavy (non-hydrogen) atoms. The fourth-order valence-corrected chi connectivity index (χ4v) is 3.93. The van der Waals surface area contributed by atoms with Gasteiger partial charge in [-0.05, 0) is 32.4 Å². The Balaban J connectivity index is 1.72. The molecule has 0 N–H and O–H groups in total. The molecule has 0 fully saturated rings. The van der Waals surface area contributed by atoms with Crippen molar-refractivity contribution < 1.29 is 4.57 Å². The molecule has 0 bridgehead atoms. The van der Waals surface area contributed by atoms with Crippen molar-refractivity contribution in [2.45, 2.75) is 104 Å². The molecule has 2 heteroatoms. The van der Waals surface area contributed by atoms with Crippen molar-refractivity contribution >= 4 is 0 Å². The second-order valence-corrected chi connectivity index (χ2v) is 8.21. The van der Waals surface area contributed by atoms with E-state index in [1.165, 1.54) is 82.1 Å². The maximum absolute atomic E-state index is 2.43. The van der Waals surface area contributed by atoms with E-state index in [0.717, 1.165) is 6.42 Å². The summed E-state index contributed by atoms with van der Waals surface area (Å²) in [7, 11) is 0. The van der Waals surface area contributed by atoms with E-state index >= 15 is 0 Å². The van der Waals surface area contributed by atoms with E-state index in [4.69, 9.17) is 0 Å². The Kier molecular flexibility index (Phi) is 10.3. The number of nitrogens with zero attached hydrogens (tertiary/aromatic N) is 2. The molecule has 1 aromatic heterocycles. The van der Waals surface area contributed by atoms with Crippen LogP contribution in [0.15, 0.2) is 42.7 Å². The second-order valence-electron chi connectivity index (χ2n) is 8.21. The van der Waals surface area contributed by atoms with E-state index in [1.807, 2.05) is 0 Å². The molecule has 0 aliphatic carbocycles. The summed E-state index contributed by atoms with van der Waals surface area (Å²) >= 11 is 0. The summed E-state index contributed by atoms with van der Waals surface area (Å²) < 4.78 is 4.81. The lowest BCUT2D eigenvalue weighted by molar-refractivity contribution is -0.722. The molecule has 0 spiro atoms. The molecule has 2 rings (SSSR count). The van der Waals surface area contributed by atoms with Crippen LogP contribution in [-0.2, 0) is 6.42 Å². The van der Waals surface area contributed by atoms with Crippen LogP contribution in [0.5, 0.6) is 0 Å². The quantitative estimate of drug-likeness (QED) is 0.246. The van der Waals surface area contributed by atoms with Gasteiger partial charge in [-0.3, -0.25) is 0 Å². The van der Waals surface area contributed by atoms with Crippen LogP contribution in [0.3, 0.4) is 0 Å². The lowest BCUT2D eigenvalue weighted by atomic mass is 10.1. The van der Waals surface area contributed by atoms with E-state index < -0.39 is 0 Å². The molecule has 1 aromatic carbocycles. The topological polar surface area (TPSA) is 8.81 Å². The molecule has 0 aliphatic rings. The predicted octanol–water partition coefficient (Wildman–Crippen LogP) is 7.20. The van der Waals surface area contributed by atoms with E-state index in [0.29, 0.717) is 6.04 Å². The van der Waals surface area contributed by atoms with Crippen LogP contribution in [0.1, 0.15) is 103 Å². The largest absolute Gasteiger partial charge is 0.261 e. The van der Waals surface area contributed by atoms with Gasteiger partial charge < -0.3 is 0 Å². The number of hydrogen-bond acceptors (Lipinski definition) is 0. The van der Waals surface area contributed by atoms with Gasteiger partial charge in [0.1, 0.15) is 18.1 Å². The molecule has 0 aliphatic heterocycles. The zero-order valence-corrected chi connectivity index (χ0v) is 18.0. The lowest BCUT2D eigenvalue weighted by Crippen LogP contribution is -2.39. The van der Waals surface area contributed by atoms with Crippen molar-refractivity contribution in [1.29, 1.82) is 0 Å². The Morgan fingerprint density at radius 2 is 1.33 bits per heavy atom. The van der Waals surface area contributed by atoms with Gasteiger partial charge in [0.05, 0.1) is 6.04 Å². The van der Waals surface area contributed by atoms with Crippen molar-refractivity contribution in [3.05, 3.63) is 48.5 Å². The average molecular weight is 370 g/mol. The average Bonchev–Trinajstić information content (AvgIpc) is 3.11. The Hall–Kier alpha value is -1.57. The smallest absolute Gasteiger partial charge is 0.232 e. The zero-order valence-electron chi connectivity index (χ0n) is 18.0. The van der Waals surface area contributed by atoms with Crippen molar-refractivity contribution in [2.24, 2.45) is 0 Å². The van der Waals surface area contributed by atoms with Gasteiger partial charge in [-0.25, -0.2) is 4.57 Å². The minimum atomic E-state index is 0.512. The molecule has 2 aromatic rings. The zero-order chi connectivity index (χ0) is 19.3. The van der Waals surface area contributed by atoms with Gasteiger partial charge in [-0.15, -0.1) is 0 Å². The number of rotatable bonds is 14. The Bertz CT molecular complexity index is 613.